The van der Waals surface area contributed by atoms with E-state index >= 15 is 0 Å². The minimum atomic E-state index is 0.0153. The van der Waals surface area contributed by atoms with E-state index in [-0.39, 0.29) is 18.2 Å². The van der Waals surface area contributed by atoms with Crippen LogP contribution >= 0.6 is 11.6 Å². The van der Waals surface area contributed by atoms with E-state index in [0.29, 0.717) is 62.3 Å². The molecule has 166 valence electrons. The van der Waals surface area contributed by atoms with Gasteiger partial charge in [0.2, 0.25) is 11.8 Å². The number of carbonyl (C=O) groups excluding carboxylic acids is 2. The van der Waals surface area contributed by atoms with Crippen molar-refractivity contribution >= 4 is 34.3 Å². The van der Waals surface area contributed by atoms with Crippen molar-refractivity contribution < 1.29 is 19.1 Å². The van der Waals surface area contributed by atoms with Gasteiger partial charge in [0.25, 0.3) is 0 Å². The molecular formula is C24H24ClN3O4. The molecule has 1 aromatic heterocycles. The van der Waals surface area contributed by atoms with Crippen LogP contribution in [0.5, 0.6) is 11.5 Å². The van der Waals surface area contributed by atoms with E-state index in [2.05, 4.69) is 4.98 Å². The van der Waals surface area contributed by atoms with Crippen molar-refractivity contribution in [2.45, 2.75) is 12.8 Å². The van der Waals surface area contributed by atoms with Crippen molar-refractivity contribution in [2.75, 3.05) is 39.4 Å². The molecule has 1 fully saturated rings. The molecule has 7 nitrogen and oxygen atoms in total. The number of fused-ring (bicyclic) bond motifs is 2. The van der Waals surface area contributed by atoms with Crippen LogP contribution in [0.4, 0.5) is 0 Å². The standard InChI is InChI=1S/C24H24ClN3O4/c25-19-11-16(12-21-24(19)32-10-9-31-21)13-22(29)27-5-7-28(8-6-27)23(30)14-17-15-26-20-4-2-1-3-18(17)20/h1-4,11-12,15,26H,5-10,13-14H2. The van der Waals surface area contributed by atoms with E-state index in [1.165, 1.54) is 0 Å². The molecule has 0 bridgehead atoms. The summed E-state index contributed by atoms with van der Waals surface area (Å²) in [5, 5.41) is 1.53. The Balaban J connectivity index is 1.17. The fourth-order valence-electron chi connectivity index (χ4n) is 4.31. The van der Waals surface area contributed by atoms with E-state index in [1.54, 1.807) is 11.0 Å². The molecule has 3 aromatic rings. The third-order valence-electron chi connectivity index (χ3n) is 6.01. The summed E-state index contributed by atoms with van der Waals surface area (Å²) in [6, 6.07) is 11.5. The number of hydrogen-bond donors (Lipinski definition) is 1. The second kappa shape index (κ2) is 8.74. The number of aromatic amines is 1. The number of carbonyl (C=O) groups is 2. The topological polar surface area (TPSA) is 74.9 Å². The van der Waals surface area contributed by atoms with Crippen LogP contribution in [0.15, 0.2) is 42.6 Å². The van der Waals surface area contributed by atoms with Crippen molar-refractivity contribution in [3.8, 4) is 11.5 Å². The number of aromatic nitrogens is 1. The monoisotopic (exact) mass is 453 g/mol. The summed E-state index contributed by atoms with van der Waals surface area (Å²) in [5.41, 5.74) is 2.83. The SMILES string of the molecule is O=C(Cc1cc(Cl)c2c(c1)OCCO2)N1CCN(C(=O)Cc2c[nH]c3ccccc23)CC1. The Morgan fingerprint density at radius 3 is 2.41 bits per heavy atom. The van der Waals surface area contributed by atoms with Crippen molar-refractivity contribution in [1.82, 2.24) is 14.8 Å². The molecule has 1 N–H and O–H groups in total. The first-order chi connectivity index (χ1) is 15.6. The second-order valence-corrected chi connectivity index (χ2v) is 8.48. The number of nitrogens with one attached hydrogen (secondary N) is 1. The number of rotatable bonds is 4. The highest BCUT2D eigenvalue weighted by atomic mass is 35.5. The number of amides is 2. The van der Waals surface area contributed by atoms with Crippen molar-refractivity contribution in [1.29, 1.82) is 0 Å². The largest absolute Gasteiger partial charge is 0.486 e. The predicted octanol–water partition coefficient (Wildman–Crippen LogP) is 3.05. The molecule has 2 aromatic carbocycles. The number of hydrogen-bond acceptors (Lipinski definition) is 4. The third-order valence-corrected chi connectivity index (χ3v) is 6.29. The van der Waals surface area contributed by atoms with Gasteiger partial charge in [-0.25, -0.2) is 0 Å². The maximum Gasteiger partial charge on any atom is 0.227 e. The van der Waals surface area contributed by atoms with Gasteiger partial charge in [0, 0.05) is 43.3 Å². The van der Waals surface area contributed by atoms with E-state index in [1.807, 2.05) is 41.4 Å². The van der Waals surface area contributed by atoms with E-state index in [9.17, 15) is 9.59 Å². The molecule has 0 spiro atoms. The van der Waals surface area contributed by atoms with Gasteiger partial charge in [-0.05, 0) is 29.3 Å². The first-order valence-electron chi connectivity index (χ1n) is 10.8. The van der Waals surface area contributed by atoms with Crippen molar-refractivity contribution in [3.63, 3.8) is 0 Å². The zero-order chi connectivity index (χ0) is 22.1. The average Bonchev–Trinajstić information content (AvgIpc) is 3.22. The van der Waals surface area contributed by atoms with Crippen LogP contribution in [-0.4, -0.2) is 66.0 Å². The lowest BCUT2D eigenvalue weighted by Gasteiger charge is -2.35. The summed E-state index contributed by atoms with van der Waals surface area (Å²) in [5.74, 6) is 1.22. The summed E-state index contributed by atoms with van der Waals surface area (Å²) >= 11 is 6.29. The summed E-state index contributed by atoms with van der Waals surface area (Å²) in [4.78, 5) is 32.5. The quantitative estimate of drug-likeness (QED) is 0.659. The molecule has 32 heavy (non-hydrogen) atoms. The fraction of sp³-hybridized carbons (Fsp3) is 0.333. The van der Waals surface area contributed by atoms with Gasteiger partial charge < -0.3 is 24.3 Å². The van der Waals surface area contributed by atoms with Crippen LogP contribution in [0.25, 0.3) is 10.9 Å². The van der Waals surface area contributed by atoms with Crippen molar-refractivity contribution in [3.05, 3.63) is 58.7 Å². The molecule has 0 atom stereocenters. The molecule has 0 aliphatic carbocycles. The molecule has 1 saturated heterocycles. The zero-order valence-corrected chi connectivity index (χ0v) is 18.4. The molecule has 5 rings (SSSR count). The van der Waals surface area contributed by atoms with Gasteiger partial charge in [-0.15, -0.1) is 0 Å². The van der Waals surface area contributed by atoms with Gasteiger partial charge in [-0.3, -0.25) is 9.59 Å². The maximum atomic E-state index is 12.8. The molecule has 2 amide bonds. The van der Waals surface area contributed by atoms with E-state index < -0.39 is 0 Å². The molecule has 0 saturated carbocycles. The van der Waals surface area contributed by atoms with Gasteiger partial charge in [-0.2, -0.15) is 0 Å². The van der Waals surface area contributed by atoms with Crippen LogP contribution in [0.3, 0.4) is 0 Å². The summed E-state index contributed by atoms with van der Waals surface area (Å²) in [6.45, 7) is 3.06. The Morgan fingerprint density at radius 1 is 0.938 bits per heavy atom. The second-order valence-electron chi connectivity index (χ2n) is 8.08. The lowest BCUT2D eigenvalue weighted by molar-refractivity contribution is -0.138. The third kappa shape index (κ3) is 4.12. The minimum Gasteiger partial charge on any atom is -0.486 e. The van der Waals surface area contributed by atoms with Gasteiger partial charge in [-0.1, -0.05) is 29.8 Å². The lowest BCUT2D eigenvalue weighted by Crippen LogP contribution is -2.51. The Kier molecular flexibility index (Phi) is 5.66. The molecule has 0 unspecified atom stereocenters. The summed E-state index contributed by atoms with van der Waals surface area (Å²) in [6.07, 6.45) is 2.49. The summed E-state index contributed by atoms with van der Waals surface area (Å²) < 4.78 is 11.1. The smallest absolute Gasteiger partial charge is 0.227 e. The van der Waals surface area contributed by atoms with Crippen molar-refractivity contribution in [2.24, 2.45) is 0 Å². The molecule has 2 aliphatic rings. The van der Waals surface area contributed by atoms with E-state index in [4.69, 9.17) is 21.1 Å². The van der Waals surface area contributed by atoms with Crippen LogP contribution in [-0.2, 0) is 22.4 Å². The minimum absolute atomic E-state index is 0.0153. The molecule has 8 heteroatoms. The van der Waals surface area contributed by atoms with Crippen LogP contribution in [0, 0.1) is 0 Å². The van der Waals surface area contributed by atoms with Gasteiger partial charge in [0.15, 0.2) is 11.5 Å². The van der Waals surface area contributed by atoms with Crippen LogP contribution in [0.2, 0.25) is 5.02 Å². The van der Waals surface area contributed by atoms with Crippen LogP contribution < -0.4 is 9.47 Å². The first kappa shape index (κ1) is 20.7. The number of ether oxygens (including phenoxy) is 2. The molecule has 0 radical (unpaired) electrons. The molecule has 2 aliphatic heterocycles. The summed E-state index contributed by atoms with van der Waals surface area (Å²) in [7, 11) is 0. The normalized spacial score (nSPS) is 15.8. The lowest BCUT2D eigenvalue weighted by atomic mass is 10.1. The van der Waals surface area contributed by atoms with E-state index in [0.717, 1.165) is 22.0 Å². The number of para-hydroxylation sites is 1. The molecule has 3 heterocycles. The first-order valence-corrected chi connectivity index (χ1v) is 11.1. The average molecular weight is 454 g/mol. The predicted molar refractivity (Wildman–Crippen MR) is 121 cm³/mol. The Bertz CT molecular complexity index is 1170. The number of benzene rings is 2. The highest BCUT2D eigenvalue weighted by Crippen LogP contribution is 2.38. The maximum absolute atomic E-state index is 12.8. The fourth-order valence-corrected chi connectivity index (χ4v) is 4.60. The number of halogens is 1. The highest BCUT2D eigenvalue weighted by molar-refractivity contribution is 6.32. The van der Waals surface area contributed by atoms with Crippen LogP contribution in [0.1, 0.15) is 11.1 Å². The zero-order valence-electron chi connectivity index (χ0n) is 17.6. The highest BCUT2D eigenvalue weighted by Gasteiger charge is 2.25. The van der Waals surface area contributed by atoms with Gasteiger partial charge >= 0.3 is 0 Å². The number of nitrogens with zero attached hydrogens (tertiary/aromatic N) is 2. The Hall–Kier alpha value is -3.19. The van der Waals surface area contributed by atoms with Gasteiger partial charge in [0.05, 0.1) is 17.9 Å². The number of H-pyrrole nitrogens is 1. The Morgan fingerprint density at radius 2 is 1.62 bits per heavy atom. The number of piperazine rings is 1. The molecular weight excluding hydrogens is 430 g/mol. The Labute approximate surface area is 190 Å². The van der Waals surface area contributed by atoms with Gasteiger partial charge in [0.1, 0.15) is 13.2 Å².